The average Bonchev–Trinajstić information content (AvgIpc) is 3.19. The zero-order valence-electron chi connectivity index (χ0n) is 21.3. The Bertz CT molecular complexity index is 1380. The lowest BCUT2D eigenvalue weighted by Gasteiger charge is -2.63. The SMILES string of the molecule is O=C(N1CC2(CC(Cc3ccc(S(=O)(=O)C(F)(F)F)cc3)C2)C1)N1CC2(CC(c3nc(C4COC4)n[nH]3)C2)C1. The first-order chi connectivity index (χ1) is 18.4. The Morgan fingerprint density at radius 3 is 2.10 bits per heavy atom. The van der Waals surface area contributed by atoms with E-state index in [-0.39, 0.29) is 16.9 Å². The maximum absolute atomic E-state index is 13.0. The van der Waals surface area contributed by atoms with Crippen LogP contribution in [0.2, 0.25) is 0 Å². The molecule has 0 bridgehead atoms. The van der Waals surface area contributed by atoms with Crippen molar-refractivity contribution < 1.29 is 31.1 Å². The molecule has 5 aliphatic rings. The van der Waals surface area contributed by atoms with Crippen molar-refractivity contribution in [2.45, 2.75) is 54.3 Å². The number of hydrogen-bond acceptors (Lipinski definition) is 6. The lowest BCUT2D eigenvalue weighted by atomic mass is 9.56. The predicted molar refractivity (Wildman–Crippen MR) is 131 cm³/mol. The normalized spacial score (nSPS) is 24.6. The summed E-state index contributed by atoms with van der Waals surface area (Å²) >= 11 is 0. The number of urea groups is 1. The van der Waals surface area contributed by atoms with Crippen molar-refractivity contribution in [2.24, 2.45) is 16.7 Å². The van der Waals surface area contributed by atoms with Gasteiger partial charge in [0.15, 0.2) is 5.82 Å². The number of nitrogens with zero attached hydrogens (tertiary/aromatic N) is 4. The van der Waals surface area contributed by atoms with Gasteiger partial charge in [0, 0.05) is 42.9 Å². The number of halogens is 3. The minimum atomic E-state index is -5.32. The van der Waals surface area contributed by atoms with Crippen LogP contribution in [-0.4, -0.2) is 84.3 Å². The minimum absolute atomic E-state index is 0.117. The van der Waals surface area contributed by atoms with Crippen molar-refractivity contribution in [2.75, 3.05) is 39.4 Å². The van der Waals surface area contributed by atoms with Crippen molar-refractivity contribution >= 4 is 15.9 Å². The van der Waals surface area contributed by atoms with Gasteiger partial charge in [-0.05, 0) is 55.7 Å². The lowest BCUT2D eigenvalue weighted by molar-refractivity contribution is -0.100. The highest BCUT2D eigenvalue weighted by Gasteiger charge is 2.58. The van der Waals surface area contributed by atoms with Gasteiger partial charge in [-0.1, -0.05) is 12.1 Å². The third-order valence-corrected chi connectivity index (χ3v) is 10.9. The number of ether oxygens (including phenoxy) is 1. The number of amides is 2. The molecule has 39 heavy (non-hydrogen) atoms. The average molecular weight is 566 g/mol. The number of sulfone groups is 1. The van der Waals surface area contributed by atoms with Crippen LogP contribution in [0.4, 0.5) is 18.0 Å². The number of carbonyl (C=O) groups is 1. The Labute approximate surface area is 224 Å². The zero-order chi connectivity index (χ0) is 27.2. The van der Waals surface area contributed by atoms with Crippen LogP contribution in [0.3, 0.4) is 0 Å². The van der Waals surface area contributed by atoms with Gasteiger partial charge in [-0.25, -0.2) is 18.2 Å². The van der Waals surface area contributed by atoms with Gasteiger partial charge in [-0.2, -0.15) is 18.3 Å². The van der Waals surface area contributed by atoms with Crippen LogP contribution >= 0.6 is 0 Å². The summed E-state index contributed by atoms with van der Waals surface area (Å²) in [5.74, 6) is 2.89. The van der Waals surface area contributed by atoms with Crippen LogP contribution in [0.1, 0.15) is 54.7 Å². The molecule has 0 radical (unpaired) electrons. The van der Waals surface area contributed by atoms with Gasteiger partial charge < -0.3 is 14.5 Å². The van der Waals surface area contributed by atoms with Crippen LogP contribution in [0, 0.1) is 16.7 Å². The Morgan fingerprint density at radius 1 is 0.974 bits per heavy atom. The maximum atomic E-state index is 13.0. The molecule has 4 heterocycles. The number of carbonyl (C=O) groups excluding carboxylic acids is 1. The topological polar surface area (TPSA) is 108 Å². The van der Waals surface area contributed by atoms with E-state index in [0.717, 1.165) is 81.2 Å². The molecule has 2 saturated carbocycles. The van der Waals surface area contributed by atoms with E-state index < -0.39 is 20.2 Å². The van der Waals surface area contributed by atoms with E-state index in [1.807, 2.05) is 9.80 Å². The Hall–Kier alpha value is -2.67. The molecule has 1 N–H and O–H groups in total. The fourth-order valence-corrected chi connectivity index (χ4v) is 8.07. The molecule has 9 nitrogen and oxygen atoms in total. The van der Waals surface area contributed by atoms with Gasteiger partial charge in [-0.3, -0.25) is 5.10 Å². The van der Waals surface area contributed by atoms with Crippen LogP contribution in [0.15, 0.2) is 29.2 Å². The van der Waals surface area contributed by atoms with E-state index in [1.165, 1.54) is 12.1 Å². The summed E-state index contributed by atoms with van der Waals surface area (Å²) in [4.78, 5) is 20.8. The first-order valence-electron chi connectivity index (χ1n) is 13.4. The molecule has 1 aromatic carbocycles. The highest BCUT2D eigenvalue weighted by Crippen LogP contribution is 2.57. The summed E-state index contributed by atoms with van der Waals surface area (Å²) in [5, 5.41) is 7.44. The number of aromatic nitrogens is 3. The largest absolute Gasteiger partial charge is 0.501 e. The van der Waals surface area contributed by atoms with Gasteiger partial charge in [0.05, 0.1) is 24.0 Å². The molecular formula is C26H30F3N5O4S. The fourth-order valence-electron chi connectivity index (χ4n) is 7.31. The number of likely N-dealkylation sites (tertiary alicyclic amines) is 2. The Kier molecular flexibility index (Phi) is 5.46. The number of aromatic amines is 1. The molecule has 2 aromatic rings. The van der Waals surface area contributed by atoms with E-state index >= 15 is 0 Å². The molecule has 1 aromatic heterocycles. The van der Waals surface area contributed by atoms with Gasteiger partial charge in [0.2, 0.25) is 0 Å². The number of nitrogens with one attached hydrogen (secondary N) is 1. The monoisotopic (exact) mass is 565 g/mol. The second-order valence-electron chi connectivity index (χ2n) is 12.5. The summed E-state index contributed by atoms with van der Waals surface area (Å²) < 4.78 is 66.5. The van der Waals surface area contributed by atoms with Crippen LogP contribution < -0.4 is 0 Å². The second-order valence-corrected chi connectivity index (χ2v) is 14.4. The maximum Gasteiger partial charge on any atom is 0.501 e. The molecular weight excluding hydrogens is 535 g/mol. The first-order valence-corrected chi connectivity index (χ1v) is 14.9. The van der Waals surface area contributed by atoms with E-state index in [4.69, 9.17) is 4.74 Å². The van der Waals surface area contributed by atoms with Gasteiger partial charge in [-0.15, -0.1) is 0 Å². The quantitative estimate of drug-likeness (QED) is 0.595. The summed E-state index contributed by atoms with van der Waals surface area (Å²) in [6, 6.07) is 5.12. The van der Waals surface area contributed by atoms with E-state index in [9.17, 15) is 26.4 Å². The minimum Gasteiger partial charge on any atom is -0.380 e. The van der Waals surface area contributed by atoms with Crippen LogP contribution in [-0.2, 0) is 21.0 Å². The lowest BCUT2D eigenvalue weighted by Crippen LogP contribution is -2.70. The molecule has 2 amide bonds. The summed E-state index contributed by atoms with van der Waals surface area (Å²) in [5.41, 5.74) is -4.11. The zero-order valence-corrected chi connectivity index (χ0v) is 22.1. The smallest absolute Gasteiger partial charge is 0.380 e. The predicted octanol–water partition coefficient (Wildman–Crippen LogP) is 3.47. The van der Waals surface area contributed by atoms with Gasteiger partial charge >= 0.3 is 11.5 Å². The molecule has 3 aliphatic heterocycles. The molecule has 5 fully saturated rings. The second kappa shape index (κ2) is 8.42. The third-order valence-electron chi connectivity index (χ3n) is 9.42. The van der Waals surface area contributed by atoms with Crippen LogP contribution in [0.25, 0.3) is 0 Å². The van der Waals surface area contributed by atoms with Crippen molar-refractivity contribution in [3.63, 3.8) is 0 Å². The van der Waals surface area contributed by atoms with Gasteiger partial charge in [0.1, 0.15) is 5.82 Å². The van der Waals surface area contributed by atoms with Gasteiger partial charge in [0.25, 0.3) is 9.84 Å². The van der Waals surface area contributed by atoms with Crippen molar-refractivity contribution in [3.05, 3.63) is 41.5 Å². The van der Waals surface area contributed by atoms with Crippen LogP contribution in [0.5, 0.6) is 0 Å². The third kappa shape index (κ3) is 4.14. The standard InChI is InChI=1S/C26H30F3N5O4S/c27-26(28,29)39(36,37)20-3-1-16(2-4-20)5-17-6-24(7-17)12-33(13-24)23(35)34-14-25(15-34)8-18(9-25)21-30-22(32-31-21)19-10-38-11-19/h1-4,17-19H,5-15H2,(H,30,31,32). The summed E-state index contributed by atoms with van der Waals surface area (Å²) in [7, 11) is -5.32. The molecule has 2 aliphatic carbocycles. The Balaban J connectivity index is 0.837. The highest BCUT2D eigenvalue weighted by molar-refractivity contribution is 7.92. The molecule has 7 rings (SSSR count). The number of benzene rings is 1. The Morgan fingerprint density at radius 2 is 1.56 bits per heavy atom. The summed E-state index contributed by atoms with van der Waals surface area (Å²) in [6.45, 7) is 4.49. The fraction of sp³-hybridized carbons (Fsp3) is 0.654. The van der Waals surface area contributed by atoms with Crippen molar-refractivity contribution in [1.29, 1.82) is 0 Å². The van der Waals surface area contributed by atoms with E-state index in [0.29, 0.717) is 37.4 Å². The first kappa shape index (κ1) is 25.3. The number of H-pyrrole nitrogens is 1. The molecule has 0 atom stereocenters. The highest BCUT2D eigenvalue weighted by atomic mass is 32.2. The molecule has 210 valence electrons. The van der Waals surface area contributed by atoms with E-state index in [2.05, 4.69) is 15.2 Å². The summed E-state index contributed by atoms with van der Waals surface area (Å²) in [6.07, 6.45) is 4.69. The van der Waals surface area contributed by atoms with Crippen molar-refractivity contribution in [3.8, 4) is 0 Å². The molecule has 0 unspecified atom stereocenters. The number of alkyl halides is 3. The molecule has 2 spiro atoms. The number of hydrogen-bond donors (Lipinski definition) is 1. The molecule has 13 heteroatoms. The van der Waals surface area contributed by atoms with E-state index in [1.54, 1.807) is 0 Å². The number of rotatable bonds is 5. The molecule has 3 saturated heterocycles. The van der Waals surface area contributed by atoms with Crippen molar-refractivity contribution in [1.82, 2.24) is 25.0 Å².